The van der Waals surface area contributed by atoms with Crippen molar-refractivity contribution in [2.24, 2.45) is 5.73 Å². The first-order chi connectivity index (χ1) is 8.93. The lowest BCUT2D eigenvalue weighted by Crippen LogP contribution is -2.30. The number of rotatable bonds is 6. The number of carbonyl (C=O) groups excluding carboxylic acids is 1. The maximum atomic E-state index is 12.1. The largest absolute Gasteiger partial charge is 0.339 e. The van der Waals surface area contributed by atoms with E-state index in [9.17, 15) is 4.79 Å². The van der Waals surface area contributed by atoms with Gasteiger partial charge in [0.15, 0.2) is 0 Å². The molecular weight excluding hydrogens is 260 g/mol. The monoisotopic (exact) mass is 282 g/mol. The van der Waals surface area contributed by atoms with Gasteiger partial charge in [0.05, 0.1) is 6.04 Å². The maximum absolute atomic E-state index is 12.1. The van der Waals surface area contributed by atoms with E-state index in [4.69, 9.17) is 17.3 Å². The molecule has 4 heteroatoms. The number of halogens is 1. The van der Waals surface area contributed by atoms with E-state index >= 15 is 0 Å². The van der Waals surface area contributed by atoms with Gasteiger partial charge in [-0.1, -0.05) is 29.8 Å². The smallest absolute Gasteiger partial charge is 0.222 e. The number of hydrogen-bond donors (Lipinski definition) is 1. The quantitative estimate of drug-likeness (QED) is 0.869. The highest BCUT2D eigenvalue weighted by atomic mass is 35.5. The van der Waals surface area contributed by atoms with E-state index in [0.29, 0.717) is 11.4 Å². The van der Waals surface area contributed by atoms with Gasteiger partial charge < -0.3 is 10.6 Å². The average molecular weight is 283 g/mol. The van der Waals surface area contributed by atoms with Gasteiger partial charge in [0.1, 0.15) is 0 Å². The Morgan fingerprint density at radius 2 is 2.00 bits per heavy atom. The van der Waals surface area contributed by atoms with Crippen LogP contribution in [0.5, 0.6) is 0 Å². The summed E-state index contributed by atoms with van der Waals surface area (Å²) in [6.45, 7) is 3.95. The van der Waals surface area contributed by atoms with E-state index in [1.165, 1.54) is 0 Å². The molecule has 1 aromatic rings. The highest BCUT2D eigenvalue weighted by molar-refractivity contribution is 6.31. The molecule has 106 valence electrons. The van der Waals surface area contributed by atoms with Crippen LogP contribution in [0.25, 0.3) is 0 Å². The van der Waals surface area contributed by atoms with Crippen molar-refractivity contribution < 1.29 is 4.79 Å². The topological polar surface area (TPSA) is 46.3 Å². The lowest BCUT2D eigenvalue weighted by Gasteiger charge is -2.26. The molecule has 0 aliphatic carbocycles. The number of nitrogens with zero attached hydrogens (tertiary/aromatic N) is 1. The standard InChI is InChI=1S/C15H23ClN2O/c1-11(17)7-6-10-15(19)18(3)12(2)13-8-4-5-9-14(13)16/h4-5,8-9,11-12H,6-7,10,17H2,1-3H3. The van der Waals surface area contributed by atoms with Crippen LogP contribution in [0.3, 0.4) is 0 Å². The first-order valence-electron chi connectivity index (χ1n) is 6.69. The van der Waals surface area contributed by atoms with Crippen molar-refractivity contribution in [1.82, 2.24) is 4.90 Å². The number of hydrogen-bond acceptors (Lipinski definition) is 2. The van der Waals surface area contributed by atoms with Crippen molar-refractivity contribution in [1.29, 1.82) is 0 Å². The molecule has 1 amide bonds. The molecule has 0 aliphatic rings. The lowest BCUT2D eigenvalue weighted by molar-refractivity contribution is -0.131. The van der Waals surface area contributed by atoms with E-state index in [1.807, 2.05) is 45.2 Å². The van der Waals surface area contributed by atoms with Gasteiger partial charge in [-0.15, -0.1) is 0 Å². The molecule has 0 spiro atoms. The van der Waals surface area contributed by atoms with E-state index in [2.05, 4.69) is 0 Å². The van der Waals surface area contributed by atoms with Crippen molar-refractivity contribution in [3.63, 3.8) is 0 Å². The van der Waals surface area contributed by atoms with Gasteiger partial charge in [-0.2, -0.15) is 0 Å². The number of benzene rings is 1. The molecular formula is C15H23ClN2O. The maximum Gasteiger partial charge on any atom is 0.222 e. The summed E-state index contributed by atoms with van der Waals surface area (Å²) in [7, 11) is 1.82. The van der Waals surface area contributed by atoms with Crippen LogP contribution in [0.15, 0.2) is 24.3 Å². The molecule has 0 radical (unpaired) electrons. The molecule has 1 rings (SSSR count). The summed E-state index contributed by atoms with van der Waals surface area (Å²) in [5.41, 5.74) is 6.66. The Labute approximate surface area is 120 Å². The lowest BCUT2D eigenvalue weighted by atomic mass is 10.1. The third-order valence-electron chi connectivity index (χ3n) is 3.38. The molecule has 0 aliphatic heterocycles. The molecule has 0 saturated heterocycles. The van der Waals surface area contributed by atoms with Gasteiger partial charge in [-0.05, 0) is 38.3 Å². The highest BCUT2D eigenvalue weighted by Gasteiger charge is 2.18. The Hall–Kier alpha value is -1.06. The Bertz CT molecular complexity index is 420. The Morgan fingerprint density at radius 1 is 1.37 bits per heavy atom. The van der Waals surface area contributed by atoms with E-state index in [1.54, 1.807) is 4.90 Å². The van der Waals surface area contributed by atoms with Crippen LogP contribution < -0.4 is 5.73 Å². The number of carbonyl (C=O) groups is 1. The molecule has 0 bridgehead atoms. The highest BCUT2D eigenvalue weighted by Crippen LogP contribution is 2.26. The van der Waals surface area contributed by atoms with Gasteiger partial charge in [0.25, 0.3) is 0 Å². The van der Waals surface area contributed by atoms with Crippen molar-refractivity contribution in [2.45, 2.75) is 45.2 Å². The van der Waals surface area contributed by atoms with E-state index in [0.717, 1.165) is 18.4 Å². The van der Waals surface area contributed by atoms with Crippen LogP contribution in [0.1, 0.15) is 44.7 Å². The van der Waals surface area contributed by atoms with Crippen LogP contribution in [-0.4, -0.2) is 23.9 Å². The van der Waals surface area contributed by atoms with Gasteiger partial charge in [-0.3, -0.25) is 4.79 Å². The second-order valence-electron chi connectivity index (χ2n) is 5.07. The van der Waals surface area contributed by atoms with Gasteiger partial charge in [0.2, 0.25) is 5.91 Å². The average Bonchev–Trinajstić information content (AvgIpc) is 2.37. The molecule has 19 heavy (non-hydrogen) atoms. The van der Waals surface area contributed by atoms with Crippen LogP contribution >= 0.6 is 11.6 Å². The molecule has 0 fully saturated rings. The Kier molecular flexibility index (Phi) is 6.32. The summed E-state index contributed by atoms with van der Waals surface area (Å²) in [5.74, 6) is 0.132. The minimum atomic E-state index is -0.0171. The van der Waals surface area contributed by atoms with E-state index < -0.39 is 0 Å². The molecule has 2 atom stereocenters. The third kappa shape index (κ3) is 4.84. The molecule has 0 aromatic heterocycles. The predicted octanol–water partition coefficient (Wildman–Crippen LogP) is 3.38. The third-order valence-corrected chi connectivity index (χ3v) is 3.72. The van der Waals surface area contributed by atoms with Crippen LogP contribution in [0.2, 0.25) is 5.02 Å². The SMILES string of the molecule is CC(N)CCCC(=O)N(C)C(C)c1ccccc1Cl. The summed E-state index contributed by atoms with van der Waals surface area (Å²) >= 11 is 6.16. The normalized spacial score (nSPS) is 13.9. The fraction of sp³-hybridized carbons (Fsp3) is 0.533. The summed E-state index contributed by atoms with van der Waals surface area (Å²) in [6.07, 6.45) is 2.24. The zero-order chi connectivity index (χ0) is 14.4. The fourth-order valence-electron chi connectivity index (χ4n) is 1.99. The predicted molar refractivity (Wildman–Crippen MR) is 80.1 cm³/mol. The van der Waals surface area contributed by atoms with Crippen molar-refractivity contribution in [2.75, 3.05) is 7.05 Å². The summed E-state index contributed by atoms with van der Waals surface area (Å²) in [5, 5.41) is 0.699. The zero-order valence-corrected chi connectivity index (χ0v) is 12.7. The van der Waals surface area contributed by atoms with Crippen molar-refractivity contribution in [3.05, 3.63) is 34.9 Å². The molecule has 3 nitrogen and oxygen atoms in total. The molecule has 2 unspecified atom stereocenters. The van der Waals surface area contributed by atoms with Crippen LogP contribution in [0, 0.1) is 0 Å². The first kappa shape index (κ1) is 16.0. The summed E-state index contributed by atoms with van der Waals surface area (Å²) in [6, 6.07) is 7.77. The summed E-state index contributed by atoms with van der Waals surface area (Å²) in [4.78, 5) is 13.8. The minimum Gasteiger partial charge on any atom is -0.339 e. The second kappa shape index (κ2) is 7.51. The van der Waals surface area contributed by atoms with Gasteiger partial charge >= 0.3 is 0 Å². The van der Waals surface area contributed by atoms with Gasteiger partial charge in [0, 0.05) is 24.5 Å². The second-order valence-corrected chi connectivity index (χ2v) is 5.48. The molecule has 2 N–H and O–H groups in total. The van der Waals surface area contributed by atoms with Crippen LogP contribution in [0.4, 0.5) is 0 Å². The Balaban J connectivity index is 2.59. The Morgan fingerprint density at radius 3 is 2.58 bits per heavy atom. The summed E-state index contributed by atoms with van der Waals surface area (Å²) < 4.78 is 0. The number of nitrogens with two attached hydrogens (primary N) is 1. The van der Waals surface area contributed by atoms with Crippen LogP contribution in [-0.2, 0) is 4.79 Å². The minimum absolute atomic E-state index is 0.0171. The fourth-order valence-corrected chi connectivity index (χ4v) is 2.28. The zero-order valence-electron chi connectivity index (χ0n) is 11.9. The van der Waals surface area contributed by atoms with Gasteiger partial charge in [-0.25, -0.2) is 0 Å². The first-order valence-corrected chi connectivity index (χ1v) is 7.07. The van der Waals surface area contributed by atoms with E-state index in [-0.39, 0.29) is 18.0 Å². The molecule has 1 aromatic carbocycles. The molecule has 0 saturated carbocycles. The number of amides is 1. The van der Waals surface area contributed by atoms with Crippen molar-refractivity contribution in [3.8, 4) is 0 Å². The molecule has 0 heterocycles. The van der Waals surface area contributed by atoms with Crippen molar-refractivity contribution >= 4 is 17.5 Å².